The van der Waals surface area contributed by atoms with Crippen molar-refractivity contribution in [2.75, 3.05) is 12.9 Å². The van der Waals surface area contributed by atoms with Crippen molar-refractivity contribution in [3.05, 3.63) is 58.6 Å². The summed E-state index contributed by atoms with van der Waals surface area (Å²) in [5.74, 6) is 1.05. The maximum Gasteiger partial charge on any atom is 0.250 e. The number of aryl methyl sites for hydroxylation is 1. The molecule has 1 amide bonds. The molecule has 0 atom stereocenters. The standard InChI is InChI=1S/C19H19ClN2O2S/c1-24-15-7-10-17-13(11-15)3-2-4-18(17)21-22-19(23)12-25-16-8-5-14(20)6-9-16/h5-11H,2-4,12H2,1H3,(H,22,23)/b21-18-. The zero-order chi connectivity index (χ0) is 17.6. The number of hydrogen-bond donors (Lipinski definition) is 1. The summed E-state index contributed by atoms with van der Waals surface area (Å²) in [4.78, 5) is 13.1. The summed E-state index contributed by atoms with van der Waals surface area (Å²) in [7, 11) is 1.66. The third-order valence-corrected chi connectivity index (χ3v) is 5.25. The third kappa shape index (κ3) is 4.77. The second-order valence-electron chi connectivity index (χ2n) is 5.71. The third-order valence-electron chi connectivity index (χ3n) is 3.98. The number of hydrazone groups is 1. The zero-order valence-electron chi connectivity index (χ0n) is 13.9. The lowest BCUT2D eigenvalue weighted by Crippen LogP contribution is -2.23. The molecule has 0 aromatic heterocycles. The summed E-state index contributed by atoms with van der Waals surface area (Å²) in [5, 5.41) is 5.04. The quantitative estimate of drug-likeness (QED) is 0.627. The summed E-state index contributed by atoms with van der Waals surface area (Å²) in [6.07, 6.45) is 2.89. The van der Waals surface area contributed by atoms with Gasteiger partial charge in [-0.1, -0.05) is 11.6 Å². The Balaban J connectivity index is 1.60. The lowest BCUT2D eigenvalue weighted by Gasteiger charge is -2.18. The van der Waals surface area contributed by atoms with Crippen LogP contribution in [0.5, 0.6) is 5.75 Å². The molecule has 25 heavy (non-hydrogen) atoms. The van der Waals surface area contributed by atoms with Gasteiger partial charge < -0.3 is 4.74 Å². The lowest BCUT2D eigenvalue weighted by atomic mass is 9.90. The Labute approximate surface area is 156 Å². The first kappa shape index (κ1) is 17.8. The number of fused-ring (bicyclic) bond motifs is 1. The van der Waals surface area contributed by atoms with Crippen LogP contribution in [0.3, 0.4) is 0 Å². The van der Waals surface area contributed by atoms with Crippen LogP contribution < -0.4 is 10.2 Å². The van der Waals surface area contributed by atoms with E-state index in [2.05, 4.69) is 10.5 Å². The van der Waals surface area contributed by atoms with Gasteiger partial charge in [0.05, 0.1) is 18.6 Å². The van der Waals surface area contributed by atoms with Crippen LogP contribution in [0.2, 0.25) is 5.02 Å². The SMILES string of the molecule is COc1ccc2c(c1)CCC/C2=N/NC(=O)CSc1ccc(Cl)cc1. The molecule has 4 nitrogen and oxygen atoms in total. The number of hydrogen-bond acceptors (Lipinski definition) is 4. The molecular weight excluding hydrogens is 356 g/mol. The minimum Gasteiger partial charge on any atom is -0.497 e. The predicted octanol–water partition coefficient (Wildman–Crippen LogP) is 4.30. The topological polar surface area (TPSA) is 50.7 Å². The molecule has 130 valence electrons. The van der Waals surface area contributed by atoms with E-state index in [4.69, 9.17) is 16.3 Å². The molecule has 1 aliphatic carbocycles. The van der Waals surface area contributed by atoms with Crippen molar-refractivity contribution in [3.63, 3.8) is 0 Å². The molecular formula is C19H19ClN2O2S. The van der Waals surface area contributed by atoms with Gasteiger partial charge in [-0.3, -0.25) is 4.79 Å². The molecule has 0 heterocycles. The summed E-state index contributed by atoms with van der Waals surface area (Å²) < 4.78 is 5.27. The van der Waals surface area contributed by atoms with Crippen molar-refractivity contribution in [1.82, 2.24) is 5.43 Å². The monoisotopic (exact) mass is 374 g/mol. The van der Waals surface area contributed by atoms with Gasteiger partial charge in [0.1, 0.15) is 5.75 Å². The Bertz CT molecular complexity index is 791. The molecule has 3 rings (SSSR count). The van der Waals surface area contributed by atoms with E-state index in [1.807, 2.05) is 42.5 Å². The summed E-state index contributed by atoms with van der Waals surface area (Å²) >= 11 is 7.31. The molecule has 0 bridgehead atoms. The van der Waals surface area contributed by atoms with Crippen LogP contribution in [-0.4, -0.2) is 24.5 Å². The van der Waals surface area contributed by atoms with E-state index in [0.717, 1.165) is 41.2 Å². The maximum absolute atomic E-state index is 12.1. The number of nitrogens with zero attached hydrogens (tertiary/aromatic N) is 1. The highest BCUT2D eigenvalue weighted by Gasteiger charge is 2.16. The first-order chi connectivity index (χ1) is 12.2. The van der Waals surface area contributed by atoms with Crippen LogP contribution in [-0.2, 0) is 11.2 Å². The molecule has 0 fully saturated rings. The summed E-state index contributed by atoms with van der Waals surface area (Å²) in [6.45, 7) is 0. The number of thioether (sulfide) groups is 1. The number of carbonyl (C=O) groups is 1. The smallest absolute Gasteiger partial charge is 0.250 e. The molecule has 0 saturated heterocycles. The van der Waals surface area contributed by atoms with Gasteiger partial charge in [-0.25, -0.2) is 5.43 Å². The molecule has 6 heteroatoms. The molecule has 1 aliphatic rings. The number of benzene rings is 2. The highest BCUT2D eigenvalue weighted by molar-refractivity contribution is 8.00. The van der Waals surface area contributed by atoms with Crippen LogP contribution in [0.1, 0.15) is 24.0 Å². The first-order valence-electron chi connectivity index (χ1n) is 8.07. The fourth-order valence-electron chi connectivity index (χ4n) is 2.72. The number of halogens is 1. The Morgan fingerprint density at radius 1 is 1.24 bits per heavy atom. The fraction of sp³-hybridized carbons (Fsp3) is 0.263. The van der Waals surface area contributed by atoms with E-state index in [0.29, 0.717) is 10.8 Å². The summed E-state index contributed by atoms with van der Waals surface area (Å²) in [5.41, 5.74) is 5.91. The number of nitrogens with one attached hydrogen (secondary N) is 1. The van der Waals surface area contributed by atoms with Gasteiger partial charge in [-0.05, 0) is 67.3 Å². The second-order valence-corrected chi connectivity index (χ2v) is 7.20. The molecule has 1 N–H and O–H groups in total. The average Bonchev–Trinajstić information content (AvgIpc) is 2.65. The maximum atomic E-state index is 12.1. The van der Waals surface area contributed by atoms with Crippen LogP contribution in [0, 0.1) is 0 Å². The number of ether oxygens (including phenoxy) is 1. The number of amides is 1. The Kier molecular flexibility index (Phi) is 6.00. The lowest BCUT2D eigenvalue weighted by molar-refractivity contribution is -0.118. The Hall–Kier alpha value is -1.98. The number of carbonyl (C=O) groups excluding carboxylic acids is 1. The van der Waals surface area contributed by atoms with E-state index in [-0.39, 0.29) is 5.91 Å². The van der Waals surface area contributed by atoms with Gasteiger partial charge in [-0.15, -0.1) is 11.8 Å². The molecule has 0 saturated carbocycles. The molecule has 2 aromatic carbocycles. The molecule has 0 spiro atoms. The van der Waals surface area contributed by atoms with Crippen LogP contribution >= 0.6 is 23.4 Å². The van der Waals surface area contributed by atoms with Gasteiger partial charge in [0.2, 0.25) is 5.91 Å². The first-order valence-corrected chi connectivity index (χ1v) is 9.43. The van der Waals surface area contributed by atoms with Crippen molar-refractivity contribution in [3.8, 4) is 5.75 Å². The van der Waals surface area contributed by atoms with Crippen molar-refractivity contribution in [2.45, 2.75) is 24.2 Å². The normalized spacial score (nSPS) is 14.9. The largest absolute Gasteiger partial charge is 0.497 e. The highest BCUT2D eigenvalue weighted by Crippen LogP contribution is 2.26. The van der Waals surface area contributed by atoms with Gasteiger partial charge >= 0.3 is 0 Å². The Morgan fingerprint density at radius 3 is 2.80 bits per heavy atom. The molecule has 2 aromatic rings. The number of methoxy groups -OCH3 is 1. The molecule has 0 aliphatic heterocycles. The van der Waals surface area contributed by atoms with Gasteiger partial charge in [0, 0.05) is 15.5 Å². The average molecular weight is 375 g/mol. The molecule has 0 radical (unpaired) electrons. The van der Waals surface area contributed by atoms with E-state index in [9.17, 15) is 4.79 Å². The fourth-order valence-corrected chi connectivity index (χ4v) is 3.54. The van der Waals surface area contributed by atoms with Crippen molar-refractivity contribution in [2.24, 2.45) is 5.10 Å². The van der Waals surface area contributed by atoms with E-state index in [1.165, 1.54) is 17.3 Å². The van der Waals surface area contributed by atoms with Crippen molar-refractivity contribution < 1.29 is 9.53 Å². The van der Waals surface area contributed by atoms with Crippen LogP contribution in [0.25, 0.3) is 0 Å². The number of rotatable bonds is 5. The minimum atomic E-state index is -0.118. The van der Waals surface area contributed by atoms with Crippen LogP contribution in [0.15, 0.2) is 52.5 Å². The Morgan fingerprint density at radius 2 is 2.04 bits per heavy atom. The van der Waals surface area contributed by atoms with Crippen molar-refractivity contribution >= 4 is 35.0 Å². The molecule has 0 unspecified atom stereocenters. The minimum absolute atomic E-state index is 0.118. The van der Waals surface area contributed by atoms with Gasteiger partial charge in [0.25, 0.3) is 0 Å². The second kappa shape index (κ2) is 8.41. The highest BCUT2D eigenvalue weighted by atomic mass is 35.5. The van der Waals surface area contributed by atoms with Gasteiger partial charge in [0.15, 0.2) is 0 Å². The van der Waals surface area contributed by atoms with Crippen molar-refractivity contribution in [1.29, 1.82) is 0 Å². The summed E-state index contributed by atoms with van der Waals surface area (Å²) in [6, 6.07) is 13.4. The predicted molar refractivity (Wildman–Crippen MR) is 103 cm³/mol. The van der Waals surface area contributed by atoms with E-state index < -0.39 is 0 Å². The van der Waals surface area contributed by atoms with Crippen LogP contribution in [0.4, 0.5) is 0 Å². The van der Waals surface area contributed by atoms with E-state index >= 15 is 0 Å². The van der Waals surface area contributed by atoms with Gasteiger partial charge in [-0.2, -0.15) is 5.10 Å². The van der Waals surface area contributed by atoms with E-state index in [1.54, 1.807) is 7.11 Å². The zero-order valence-corrected chi connectivity index (χ0v) is 15.5.